The molecule has 0 aliphatic heterocycles. The van der Waals surface area contributed by atoms with E-state index in [2.05, 4.69) is 31.2 Å². The molecule has 4 saturated carbocycles. The van der Waals surface area contributed by atoms with Crippen LogP contribution in [0.15, 0.2) is 24.3 Å². The van der Waals surface area contributed by atoms with Gasteiger partial charge < -0.3 is 10.2 Å². The van der Waals surface area contributed by atoms with Crippen molar-refractivity contribution in [3.05, 3.63) is 35.4 Å². The van der Waals surface area contributed by atoms with Crippen LogP contribution >= 0.6 is 0 Å². The maximum Gasteiger partial charge on any atom is 0.304 e. The van der Waals surface area contributed by atoms with Crippen molar-refractivity contribution >= 4 is 5.97 Å². The van der Waals surface area contributed by atoms with E-state index >= 15 is 0 Å². The monoisotopic (exact) mass is 300 g/mol. The van der Waals surface area contributed by atoms with Gasteiger partial charge in [-0.05, 0) is 61.8 Å². The first kappa shape index (κ1) is 14.3. The molecular formula is C19H24O3. The van der Waals surface area contributed by atoms with E-state index in [0.29, 0.717) is 23.7 Å². The van der Waals surface area contributed by atoms with Crippen molar-refractivity contribution in [2.45, 2.75) is 50.5 Å². The minimum atomic E-state index is -0.686. The van der Waals surface area contributed by atoms with E-state index in [0.717, 1.165) is 25.7 Å². The molecule has 5 rings (SSSR count). The van der Waals surface area contributed by atoms with Crippen LogP contribution in [0.5, 0.6) is 0 Å². The molecule has 4 fully saturated rings. The maximum absolute atomic E-state index is 11.7. The number of hydrogen-bond donors (Lipinski definition) is 2. The van der Waals surface area contributed by atoms with E-state index in [1.165, 1.54) is 11.1 Å². The van der Waals surface area contributed by atoms with Gasteiger partial charge in [0.25, 0.3) is 0 Å². The summed E-state index contributed by atoms with van der Waals surface area (Å²) in [5.74, 6) is 0.938. The van der Waals surface area contributed by atoms with Crippen LogP contribution in [0.4, 0.5) is 0 Å². The van der Waals surface area contributed by atoms with Crippen molar-refractivity contribution in [3.63, 3.8) is 0 Å². The molecule has 4 aliphatic rings. The van der Waals surface area contributed by atoms with Gasteiger partial charge in [0.1, 0.15) is 0 Å². The van der Waals surface area contributed by atoms with Crippen molar-refractivity contribution in [2.24, 2.45) is 23.7 Å². The Balaban J connectivity index is 1.79. The Morgan fingerprint density at radius 1 is 1.09 bits per heavy atom. The Labute approximate surface area is 131 Å². The number of carbonyl (C=O) groups is 1. The topological polar surface area (TPSA) is 57.5 Å². The quantitative estimate of drug-likeness (QED) is 0.901. The van der Waals surface area contributed by atoms with Gasteiger partial charge in [-0.1, -0.05) is 29.8 Å². The fourth-order valence-electron chi connectivity index (χ4n) is 5.94. The molecule has 4 aliphatic carbocycles. The van der Waals surface area contributed by atoms with Gasteiger partial charge in [0.2, 0.25) is 0 Å². The van der Waals surface area contributed by atoms with E-state index in [4.69, 9.17) is 0 Å². The van der Waals surface area contributed by atoms with Crippen LogP contribution in [0.25, 0.3) is 0 Å². The fourth-order valence-corrected chi connectivity index (χ4v) is 5.94. The molecule has 0 atom stereocenters. The average molecular weight is 300 g/mol. The second-order valence-electron chi connectivity index (χ2n) is 7.82. The molecule has 0 saturated heterocycles. The summed E-state index contributed by atoms with van der Waals surface area (Å²) in [6.07, 6.45) is 4.07. The van der Waals surface area contributed by atoms with E-state index < -0.39 is 5.97 Å². The summed E-state index contributed by atoms with van der Waals surface area (Å²) in [5, 5.41) is 20.0. The SMILES string of the molecule is Cc1ccc(C2(CC(=O)O)C3CC4CC2CC(C3)C4O)cc1. The largest absolute Gasteiger partial charge is 0.481 e. The van der Waals surface area contributed by atoms with Gasteiger partial charge in [-0.15, -0.1) is 0 Å². The summed E-state index contributed by atoms with van der Waals surface area (Å²) in [6, 6.07) is 8.52. The van der Waals surface area contributed by atoms with Gasteiger partial charge in [-0.2, -0.15) is 0 Å². The highest BCUT2D eigenvalue weighted by atomic mass is 16.4. The molecule has 22 heavy (non-hydrogen) atoms. The molecule has 2 N–H and O–H groups in total. The number of aliphatic hydroxyl groups excluding tert-OH is 1. The first-order valence-corrected chi connectivity index (χ1v) is 8.47. The van der Waals surface area contributed by atoms with Crippen LogP contribution in [-0.2, 0) is 10.2 Å². The molecular weight excluding hydrogens is 276 g/mol. The second kappa shape index (κ2) is 4.82. The van der Waals surface area contributed by atoms with Crippen LogP contribution in [-0.4, -0.2) is 22.3 Å². The summed E-state index contributed by atoms with van der Waals surface area (Å²) < 4.78 is 0. The van der Waals surface area contributed by atoms with E-state index in [1.54, 1.807) is 0 Å². The number of hydrogen-bond acceptors (Lipinski definition) is 2. The molecule has 118 valence electrons. The molecule has 0 amide bonds. The third-order valence-electron chi connectivity index (χ3n) is 6.80. The number of aliphatic carboxylic acids is 1. The zero-order valence-corrected chi connectivity index (χ0v) is 13.0. The Kier molecular flexibility index (Phi) is 3.12. The van der Waals surface area contributed by atoms with Crippen molar-refractivity contribution in [1.29, 1.82) is 0 Å². The molecule has 3 nitrogen and oxygen atoms in total. The number of carboxylic acid groups (broad SMARTS) is 1. The fraction of sp³-hybridized carbons (Fsp3) is 0.632. The third-order valence-corrected chi connectivity index (χ3v) is 6.80. The zero-order chi connectivity index (χ0) is 15.5. The molecule has 4 bridgehead atoms. The smallest absolute Gasteiger partial charge is 0.304 e. The predicted octanol–water partition coefficient (Wildman–Crippen LogP) is 3.13. The molecule has 0 spiro atoms. The average Bonchev–Trinajstić information content (AvgIpc) is 2.45. The van der Waals surface area contributed by atoms with Crippen LogP contribution in [0.3, 0.4) is 0 Å². The van der Waals surface area contributed by atoms with Crippen LogP contribution < -0.4 is 0 Å². The summed E-state index contributed by atoms with van der Waals surface area (Å²) >= 11 is 0. The Morgan fingerprint density at radius 3 is 2.05 bits per heavy atom. The standard InChI is InChI=1S/C19H24O3/c1-11-2-4-14(5-3-11)19(10-17(20)21)15-6-12-7-16(19)9-13(8-15)18(12)22/h2-5,12-13,15-16,18,22H,6-10H2,1H3,(H,20,21). The maximum atomic E-state index is 11.7. The summed E-state index contributed by atoms with van der Waals surface area (Å²) in [7, 11) is 0. The Hall–Kier alpha value is -1.35. The number of aliphatic hydroxyl groups is 1. The summed E-state index contributed by atoms with van der Waals surface area (Å²) in [5.41, 5.74) is 2.21. The summed E-state index contributed by atoms with van der Waals surface area (Å²) in [6.45, 7) is 2.07. The lowest BCUT2D eigenvalue weighted by atomic mass is 9.42. The van der Waals surface area contributed by atoms with Gasteiger partial charge in [-0.25, -0.2) is 0 Å². The predicted molar refractivity (Wildman–Crippen MR) is 83.5 cm³/mol. The third kappa shape index (κ3) is 1.88. The molecule has 0 aromatic heterocycles. The van der Waals surface area contributed by atoms with Gasteiger partial charge in [0.05, 0.1) is 12.5 Å². The van der Waals surface area contributed by atoms with Crippen LogP contribution in [0.2, 0.25) is 0 Å². The first-order chi connectivity index (χ1) is 10.5. The molecule has 1 aromatic rings. The normalized spacial score (nSPS) is 42.5. The van der Waals surface area contributed by atoms with Crippen LogP contribution in [0, 0.1) is 30.6 Å². The van der Waals surface area contributed by atoms with Crippen molar-refractivity contribution in [2.75, 3.05) is 0 Å². The molecule has 0 radical (unpaired) electrons. The van der Waals surface area contributed by atoms with Gasteiger partial charge >= 0.3 is 5.97 Å². The van der Waals surface area contributed by atoms with E-state index in [1.807, 2.05) is 0 Å². The lowest BCUT2D eigenvalue weighted by molar-refractivity contribution is -0.156. The van der Waals surface area contributed by atoms with E-state index in [-0.39, 0.29) is 17.9 Å². The minimum Gasteiger partial charge on any atom is -0.481 e. The van der Waals surface area contributed by atoms with E-state index in [9.17, 15) is 15.0 Å². The van der Waals surface area contributed by atoms with Crippen molar-refractivity contribution in [3.8, 4) is 0 Å². The van der Waals surface area contributed by atoms with Crippen molar-refractivity contribution in [1.82, 2.24) is 0 Å². The highest BCUT2D eigenvalue weighted by molar-refractivity contribution is 5.69. The molecule has 0 heterocycles. The highest BCUT2D eigenvalue weighted by Gasteiger charge is 2.61. The second-order valence-corrected chi connectivity index (χ2v) is 7.82. The van der Waals surface area contributed by atoms with Crippen molar-refractivity contribution < 1.29 is 15.0 Å². The molecule has 1 aromatic carbocycles. The Morgan fingerprint density at radius 2 is 1.59 bits per heavy atom. The first-order valence-electron chi connectivity index (χ1n) is 8.47. The minimum absolute atomic E-state index is 0.145. The highest BCUT2D eigenvalue weighted by Crippen LogP contribution is 2.64. The van der Waals surface area contributed by atoms with Gasteiger partial charge in [-0.3, -0.25) is 4.79 Å². The van der Waals surface area contributed by atoms with Gasteiger partial charge in [0, 0.05) is 5.41 Å². The zero-order valence-electron chi connectivity index (χ0n) is 13.0. The number of benzene rings is 1. The van der Waals surface area contributed by atoms with Crippen LogP contribution in [0.1, 0.15) is 43.2 Å². The lowest BCUT2D eigenvalue weighted by Gasteiger charge is -2.62. The number of carboxylic acids is 1. The molecule has 0 unspecified atom stereocenters. The number of aryl methyl sites for hydroxylation is 1. The Bertz CT molecular complexity index is 559. The lowest BCUT2D eigenvalue weighted by Crippen LogP contribution is -2.60. The van der Waals surface area contributed by atoms with Gasteiger partial charge in [0.15, 0.2) is 0 Å². The number of rotatable bonds is 3. The molecule has 3 heteroatoms. The summed E-state index contributed by atoms with van der Waals surface area (Å²) in [4.78, 5) is 11.7.